The number of likely N-dealkylation sites (tertiary alicyclic amines) is 1. The van der Waals surface area contributed by atoms with Crippen LogP contribution in [0.2, 0.25) is 0 Å². The molecule has 1 aliphatic heterocycles. The van der Waals surface area contributed by atoms with Gasteiger partial charge < -0.3 is 5.32 Å². The Morgan fingerprint density at radius 2 is 1.96 bits per heavy atom. The number of fused-ring (bicyclic) bond motifs is 1. The summed E-state index contributed by atoms with van der Waals surface area (Å²) in [7, 11) is 0. The van der Waals surface area contributed by atoms with Gasteiger partial charge in [-0.15, -0.1) is 11.3 Å². The Morgan fingerprint density at radius 3 is 2.70 bits per heavy atom. The van der Waals surface area contributed by atoms with Gasteiger partial charge in [-0.3, -0.25) is 9.69 Å². The van der Waals surface area contributed by atoms with E-state index in [1.807, 2.05) is 0 Å². The number of carbonyl (C=O) groups excluding carboxylic acids is 1. The van der Waals surface area contributed by atoms with Crippen LogP contribution in [0.3, 0.4) is 0 Å². The van der Waals surface area contributed by atoms with E-state index in [2.05, 4.69) is 17.1 Å². The van der Waals surface area contributed by atoms with Crippen LogP contribution < -0.4 is 5.32 Å². The molecule has 1 N–H and O–H groups in total. The van der Waals surface area contributed by atoms with Gasteiger partial charge in [-0.05, 0) is 65.0 Å². The molecule has 1 amide bonds. The molecule has 0 unspecified atom stereocenters. The predicted octanol–water partition coefficient (Wildman–Crippen LogP) is 3.35. The molecule has 2 fully saturated rings. The number of amides is 1. The fraction of sp³-hybridized carbons (Fsp3) is 0.778. The van der Waals surface area contributed by atoms with Gasteiger partial charge >= 0.3 is 0 Å². The molecular weight excluding hydrogens is 306 g/mol. The van der Waals surface area contributed by atoms with Crippen molar-refractivity contribution in [3.63, 3.8) is 0 Å². The molecule has 0 bridgehead atoms. The van der Waals surface area contributed by atoms with E-state index in [9.17, 15) is 4.79 Å². The molecule has 2 heterocycles. The highest BCUT2D eigenvalue weighted by atomic mass is 32.1. The topological polar surface area (TPSA) is 45.2 Å². The second kappa shape index (κ2) is 6.17. The SMILES string of the molecule is Cc1nc2c(s1)CCC[C@H]2NC(=O)C1(N2CCCC2)CCCC1. The van der Waals surface area contributed by atoms with Crippen LogP contribution in [0.15, 0.2) is 0 Å². The molecule has 4 rings (SSSR count). The molecular formula is C18H27N3OS. The zero-order valence-electron chi connectivity index (χ0n) is 14.1. The summed E-state index contributed by atoms with van der Waals surface area (Å²) >= 11 is 1.80. The van der Waals surface area contributed by atoms with E-state index in [1.54, 1.807) is 11.3 Å². The van der Waals surface area contributed by atoms with Gasteiger partial charge in [0, 0.05) is 4.88 Å². The lowest BCUT2D eigenvalue weighted by Gasteiger charge is -2.38. The maximum Gasteiger partial charge on any atom is 0.241 e. The predicted molar refractivity (Wildman–Crippen MR) is 92.7 cm³/mol. The molecule has 5 heteroatoms. The molecule has 126 valence electrons. The average molecular weight is 334 g/mol. The summed E-state index contributed by atoms with van der Waals surface area (Å²) in [6.07, 6.45) is 10.3. The van der Waals surface area contributed by atoms with Crippen molar-refractivity contribution in [2.24, 2.45) is 0 Å². The van der Waals surface area contributed by atoms with E-state index in [1.165, 1.54) is 30.6 Å². The first kappa shape index (κ1) is 15.6. The largest absolute Gasteiger partial charge is 0.346 e. The number of aryl methyl sites for hydroxylation is 2. The molecule has 0 radical (unpaired) electrons. The monoisotopic (exact) mass is 333 g/mol. The van der Waals surface area contributed by atoms with E-state index in [0.29, 0.717) is 0 Å². The Bertz CT molecular complexity index is 585. The molecule has 1 aromatic rings. The number of carbonyl (C=O) groups is 1. The van der Waals surface area contributed by atoms with Gasteiger partial charge in [0.25, 0.3) is 0 Å². The quantitative estimate of drug-likeness (QED) is 0.922. The summed E-state index contributed by atoms with van der Waals surface area (Å²) in [6, 6.07) is 0.135. The Morgan fingerprint density at radius 1 is 1.22 bits per heavy atom. The van der Waals surface area contributed by atoms with Crippen LogP contribution in [0.5, 0.6) is 0 Å². The van der Waals surface area contributed by atoms with E-state index >= 15 is 0 Å². The van der Waals surface area contributed by atoms with Crippen molar-refractivity contribution < 1.29 is 4.79 Å². The highest BCUT2D eigenvalue weighted by Crippen LogP contribution is 2.39. The van der Waals surface area contributed by atoms with Crippen molar-refractivity contribution in [3.05, 3.63) is 15.6 Å². The number of hydrogen-bond acceptors (Lipinski definition) is 4. The second-order valence-electron chi connectivity index (χ2n) is 7.39. The van der Waals surface area contributed by atoms with Crippen molar-refractivity contribution in [1.29, 1.82) is 0 Å². The van der Waals surface area contributed by atoms with Crippen LogP contribution in [0, 0.1) is 6.92 Å². The van der Waals surface area contributed by atoms with Crippen molar-refractivity contribution in [1.82, 2.24) is 15.2 Å². The zero-order chi connectivity index (χ0) is 15.9. The lowest BCUT2D eigenvalue weighted by molar-refractivity contribution is -0.133. The maximum absolute atomic E-state index is 13.3. The first-order valence-electron chi connectivity index (χ1n) is 9.21. The normalized spacial score (nSPS) is 27.1. The summed E-state index contributed by atoms with van der Waals surface area (Å²) in [4.78, 5) is 21.9. The fourth-order valence-corrected chi connectivity index (χ4v) is 5.80. The first-order valence-corrected chi connectivity index (χ1v) is 10.0. The van der Waals surface area contributed by atoms with Crippen LogP contribution in [0.25, 0.3) is 0 Å². The molecule has 1 saturated carbocycles. The van der Waals surface area contributed by atoms with E-state index in [4.69, 9.17) is 4.98 Å². The Hall–Kier alpha value is -0.940. The Balaban J connectivity index is 1.55. The number of hydrogen-bond donors (Lipinski definition) is 1. The first-order chi connectivity index (χ1) is 11.2. The van der Waals surface area contributed by atoms with Gasteiger partial charge in [0.2, 0.25) is 5.91 Å². The Kier molecular flexibility index (Phi) is 4.18. The van der Waals surface area contributed by atoms with Gasteiger partial charge in [0.15, 0.2) is 0 Å². The molecule has 1 saturated heterocycles. The summed E-state index contributed by atoms with van der Waals surface area (Å²) < 4.78 is 0. The number of thiazole rings is 1. The second-order valence-corrected chi connectivity index (χ2v) is 8.68. The van der Waals surface area contributed by atoms with Crippen molar-refractivity contribution in [2.45, 2.75) is 76.3 Å². The summed E-state index contributed by atoms with van der Waals surface area (Å²) in [5, 5.41) is 4.54. The van der Waals surface area contributed by atoms with Gasteiger partial charge in [0.1, 0.15) is 5.54 Å². The molecule has 1 atom stereocenters. The van der Waals surface area contributed by atoms with Crippen molar-refractivity contribution >= 4 is 17.2 Å². The number of nitrogens with zero attached hydrogens (tertiary/aromatic N) is 2. The van der Waals surface area contributed by atoms with Crippen LogP contribution in [-0.2, 0) is 11.2 Å². The summed E-state index contributed by atoms with van der Waals surface area (Å²) in [5.74, 6) is 0.278. The summed E-state index contributed by atoms with van der Waals surface area (Å²) in [6.45, 7) is 4.27. The number of aromatic nitrogens is 1. The highest BCUT2D eigenvalue weighted by Gasteiger charge is 2.47. The number of rotatable bonds is 3. The van der Waals surface area contributed by atoms with E-state index in [-0.39, 0.29) is 17.5 Å². The third-order valence-electron chi connectivity index (χ3n) is 5.93. The lowest BCUT2D eigenvalue weighted by atomic mass is 9.91. The van der Waals surface area contributed by atoms with Crippen LogP contribution in [-0.4, -0.2) is 34.4 Å². The third kappa shape index (κ3) is 2.72. The van der Waals surface area contributed by atoms with Crippen molar-refractivity contribution in [2.75, 3.05) is 13.1 Å². The Labute approximate surface area is 142 Å². The van der Waals surface area contributed by atoms with E-state index in [0.717, 1.165) is 55.9 Å². The average Bonchev–Trinajstić information content (AvgIpc) is 3.27. The minimum atomic E-state index is -0.223. The van der Waals surface area contributed by atoms with Crippen molar-refractivity contribution in [3.8, 4) is 0 Å². The summed E-state index contributed by atoms with van der Waals surface area (Å²) in [5.41, 5.74) is 0.931. The molecule has 2 aliphatic carbocycles. The standard InChI is InChI=1S/C18H27N3OS/c1-13-19-16-14(7-6-8-15(16)23-13)20-17(22)18(9-2-3-10-18)21-11-4-5-12-21/h14H,2-12H2,1H3,(H,20,22)/t14-/m1/s1. The van der Waals surface area contributed by atoms with Crippen LogP contribution in [0.1, 0.15) is 73.0 Å². The maximum atomic E-state index is 13.3. The number of nitrogens with one attached hydrogen (secondary N) is 1. The van der Waals surface area contributed by atoms with Crippen LogP contribution in [0.4, 0.5) is 0 Å². The highest BCUT2D eigenvalue weighted by molar-refractivity contribution is 7.11. The molecule has 0 aromatic carbocycles. The molecule has 23 heavy (non-hydrogen) atoms. The molecule has 0 spiro atoms. The molecule has 3 aliphatic rings. The minimum absolute atomic E-state index is 0.135. The molecule has 4 nitrogen and oxygen atoms in total. The third-order valence-corrected chi connectivity index (χ3v) is 6.98. The minimum Gasteiger partial charge on any atom is -0.346 e. The van der Waals surface area contributed by atoms with Gasteiger partial charge in [-0.25, -0.2) is 4.98 Å². The zero-order valence-corrected chi connectivity index (χ0v) is 14.9. The van der Waals surface area contributed by atoms with Crippen LogP contribution >= 0.6 is 11.3 Å². The fourth-order valence-electron chi connectivity index (χ4n) is 4.77. The van der Waals surface area contributed by atoms with Gasteiger partial charge in [0.05, 0.1) is 16.7 Å². The molecule has 1 aromatic heterocycles. The van der Waals surface area contributed by atoms with Gasteiger partial charge in [-0.2, -0.15) is 0 Å². The van der Waals surface area contributed by atoms with Gasteiger partial charge in [-0.1, -0.05) is 12.8 Å². The lowest BCUT2D eigenvalue weighted by Crippen LogP contribution is -2.57. The smallest absolute Gasteiger partial charge is 0.241 e. The van der Waals surface area contributed by atoms with E-state index < -0.39 is 0 Å².